The molecule has 17 heavy (non-hydrogen) atoms. The first kappa shape index (κ1) is 12.0. The predicted molar refractivity (Wildman–Crippen MR) is 63.0 cm³/mol. The number of carboxylic acid groups (broad SMARTS) is 1. The second-order valence-electron chi connectivity index (χ2n) is 3.80. The molecule has 0 unspecified atom stereocenters. The molecule has 0 fully saturated rings. The van der Waals surface area contributed by atoms with Crippen LogP contribution in [0.5, 0.6) is 11.5 Å². The van der Waals surface area contributed by atoms with E-state index in [0.29, 0.717) is 41.7 Å². The zero-order valence-electron chi connectivity index (χ0n) is 9.24. The van der Waals surface area contributed by atoms with Gasteiger partial charge in [-0.25, -0.2) is 0 Å². The van der Waals surface area contributed by atoms with Crippen molar-refractivity contribution in [1.29, 1.82) is 0 Å². The molecule has 1 aliphatic rings. The van der Waals surface area contributed by atoms with Crippen LogP contribution in [-0.4, -0.2) is 24.3 Å². The lowest BCUT2D eigenvalue weighted by Crippen LogP contribution is -2.02. The summed E-state index contributed by atoms with van der Waals surface area (Å²) in [4.78, 5) is 10.6. The third-order valence-corrected chi connectivity index (χ3v) is 2.90. The number of ether oxygens (including phenoxy) is 2. The Bertz CT molecular complexity index is 431. The molecule has 1 heterocycles. The lowest BCUT2D eigenvalue weighted by molar-refractivity contribution is -0.136. The number of hydrogen-bond donors (Lipinski definition) is 1. The number of carboxylic acids is 1. The van der Waals surface area contributed by atoms with Gasteiger partial charge in [0, 0.05) is 23.4 Å². The molecular weight excluding hydrogens is 244 g/mol. The van der Waals surface area contributed by atoms with Crippen molar-refractivity contribution in [3.63, 3.8) is 0 Å². The van der Waals surface area contributed by atoms with Crippen molar-refractivity contribution in [2.75, 3.05) is 13.2 Å². The molecule has 5 heteroatoms. The molecule has 0 radical (unpaired) electrons. The fraction of sp³-hybridized carbons (Fsp3) is 0.417. The molecule has 0 aliphatic carbocycles. The fourth-order valence-corrected chi connectivity index (χ4v) is 1.98. The van der Waals surface area contributed by atoms with Crippen LogP contribution in [0.25, 0.3) is 0 Å². The van der Waals surface area contributed by atoms with Gasteiger partial charge < -0.3 is 14.6 Å². The molecule has 0 saturated heterocycles. The van der Waals surface area contributed by atoms with Gasteiger partial charge in [0.25, 0.3) is 0 Å². The normalized spacial score (nSPS) is 14.2. The van der Waals surface area contributed by atoms with E-state index in [2.05, 4.69) is 0 Å². The van der Waals surface area contributed by atoms with Crippen molar-refractivity contribution < 1.29 is 19.4 Å². The van der Waals surface area contributed by atoms with Gasteiger partial charge in [-0.3, -0.25) is 4.79 Å². The average molecular weight is 257 g/mol. The monoisotopic (exact) mass is 256 g/mol. The Morgan fingerprint density at radius 3 is 2.88 bits per heavy atom. The lowest BCUT2D eigenvalue weighted by Gasteiger charge is -2.13. The molecule has 0 spiro atoms. The molecule has 0 amide bonds. The number of fused-ring (bicyclic) bond motifs is 1. The average Bonchev–Trinajstić information content (AvgIpc) is 2.52. The molecule has 2 rings (SSSR count). The second-order valence-corrected chi connectivity index (χ2v) is 4.20. The van der Waals surface area contributed by atoms with E-state index >= 15 is 0 Å². The quantitative estimate of drug-likeness (QED) is 0.903. The Kier molecular flexibility index (Phi) is 3.74. The Morgan fingerprint density at radius 2 is 2.12 bits per heavy atom. The maximum absolute atomic E-state index is 10.6. The van der Waals surface area contributed by atoms with E-state index in [-0.39, 0.29) is 6.42 Å². The van der Waals surface area contributed by atoms with Gasteiger partial charge in [0.2, 0.25) is 0 Å². The van der Waals surface area contributed by atoms with Crippen LogP contribution in [0, 0.1) is 0 Å². The number of carbonyl (C=O) groups is 1. The minimum Gasteiger partial charge on any atom is -0.490 e. The van der Waals surface area contributed by atoms with Gasteiger partial charge in [-0.2, -0.15) is 0 Å². The Hall–Kier alpha value is -1.42. The molecule has 0 bridgehead atoms. The second kappa shape index (κ2) is 5.27. The largest absolute Gasteiger partial charge is 0.490 e. The first-order valence-corrected chi connectivity index (χ1v) is 5.85. The topological polar surface area (TPSA) is 55.8 Å². The molecule has 1 aliphatic heterocycles. The van der Waals surface area contributed by atoms with Crippen LogP contribution in [0.2, 0.25) is 5.02 Å². The van der Waals surface area contributed by atoms with Gasteiger partial charge in [-0.05, 0) is 18.6 Å². The van der Waals surface area contributed by atoms with E-state index < -0.39 is 5.97 Å². The standard InChI is InChI=1S/C12H13ClO4/c13-9-3-4-10-12(17-7-1-6-16-10)8(9)2-5-11(14)15/h3-4H,1-2,5-7H2,(H,14,15). The number of benzene rings is 1. The summed E-state index contributed by atoms with van der Waals surface area (Å²) in [5.41, 5.74) is 0.716. The minimum absolute atomic E-state index is 0.0273. The first-order chi connectivity index (χ1) is 8.18. The summed E-state index contributed by atoms with van der Waals surface area (Å²) in [7, 11) is 0. The lowest BCUT2D eigenvalue weighted by atomic mass is 10.1. The van der Waals surface area contributed by atoms with Crippen molar-refractivity contribution in [2.45, 2.75) is 19.3 Å². The highest BCUT2D eigenvalue weighted by Gasteiger charge is 2.18. The molecule has 1 N–H and O–H groups in total. The smallest absolute Gasteiger partial charge is 0.303 e. The van der Waals surface area contributed by atoms with Crippen LogP contribution in [0.4, 0.5) is 0 Å². The maximum Gasteiger partial charge on any atom is 0.303 e. The van der Waals surface area contributed by atoms with Crippen LogP contribution in [0.3, 0.4) is 0 Å². The highest BCUT2D eigenvalue weighted by Crippen LogP contribution is 2.38. The molecule has 0 saturated carbocycles. The summed E-state index contributed by atoms with van der Waals surface area (Å²) in [5.74, 6) is 0.386. The summed E-state index contributed by atoms with van der Waals surface area (Å²) in [6.07, 6.45) is 1.19. The third-order valence-electron chi connectivity index (χ3n) is 2.55. The van der Waals surface area contributed by atoms with E-state index in [4.69, 9.17) is 26.2 Å². The first-order valence-electron chi connectivity index (χ1n) is 5.47. The number of hydrogen-bond acceptors (Lipinski definition) is 3. The summed E-state index contributed by atoms with van der Waals surface area (Å²) in [6.45, 7) is 1.17. The van der Waals surface area contributed by atoms with E-state index in [1.807, 2.05) is 0 Å². The molecule has 0 atom stereocenters. The van der Waals surface area contributed by atoms with Gasteiger partial charge in [-0.1, -0.05) is 11.6 Å². The van der Waals surface area contributed by atoms with Gasteiger partial charge >= 0.3 is 5.97 Å². The summed E-state index contributed by atoms with van der Waals surface area (Å²) < 4.78 is 11.1. The molecule has 92 valence electrons. The number of rotatable bonds is 3. The Balaban J connectivity index is 2.31. The molecular formula is C12H13ClO4. The SMILES string of the molecule is O=C(O)CCc1c(Cl)ccc2c1OCCCO2. The molecule has 1 aromatic rings. The highest BCUT2D eigenvalue weighted by atomic mass is 35.5. The van der Waals surface area contributed by atoms with Gasteiger partial charge in [-0.15, -0.1) is 0 Å². The number of halogens is 1. The maximum atomic E-state index is 10.6. The van der Waals surface area contributed by atoms with Crippen LogP contribution < -0.4 is 9.47 Å². The van der Waals surface area contributed by atoms with Crippen molar-refractivity contribution in [1.82, 2.24) is 0 Å². The van der Waals surface area contributed by atoms with Crippen molar-refractivity contribution in [3.05, 3.63) is 22.7 Å². The van der Waals surface area contributed by atoms with Gasteiger partial charge in [0.15, 0.2) is 11.5 Å². The Labute approximate surface area is 104 Å². The van der Waals surface area contributed by atoms with Crippen LogP contribution in [0.1, 0.15) is 18.4 Å². The van der Waals surface area contributed by atoms with E-state index in [9.17, 15) is 4.79 Å². The molecule has 1 aromatic carbocycles. The molecule has 4 nitrogen and oxygen atoms in total. The van der Waals surface area contributed by atoms with Crippen LogP contribution in [-0.2, 0) is 11.2 Å². The van der Waals surface area contributed by atoms with Crippen molar-refractivity contribution >= 4 is 17.6 Å². The minimum atomic E-state index is -0.854. The zero-order chi connectivity index (χ0) is 12.3. The van der Waals surface area contributed by atoms with Crippen molar-refractivity contribution in [3.8, 4) is 11.5 Å². The zero-order valence-corrected chi connectivity index (χ0v) is 10.00. The Morgan fingerprint density at radius 1 is 1.35 bits per heavy atom. The van der Waals surface area contributed by atoms with Gasteiger partial charge in [0.1, 0.15) is 0 Å². The van der Waals surface area contributed by atoms with Crippen LogP contribution >= 0.6 is 11.6 Å². The van der Waals surface area contributed by atoms with Crippen molar-refractivity contribution in [2.24, 2.45) is 0 Å². The van der Waals surface area contributed by atoms with E-state index in [0.717, 1.165) is 6.42 Å². The number of aliphatic carboxylic acids is 1. The third kappa shape index (κ3) is 2.82. The highest BCUT2D eigenvalue weighted by molar-refractivity contribution is 6.31. The van der Waals surface area contributed by atoms with Gasteiger partial charge in [0.05, 0.1) is 13.2 Å². The molecule has 0 aromatic heterocycles. The van der Waals surface area contributed by atoms with E-state index in [1.165, 1.54) is 0 Å². The fourth-order valence-electron chi connectivity index (χ4n) is 1.73. The van der Waals surface area contributed by atoms with E-state index in [1.54, 1.807) is 12.1 Å². The van der Waals surface area contributed by atoms with Crippen LogP contribution in [0.15, 0.2) is 12.1 Å². The predicted octanol–water partition coefficient (Wildman–Crippen LogP) is 2.52. The summed E-state index contributed by atoms with van der Waals surface area (Å²) in [5, 5.41) is 9.23. The summed E-state index contributed by atoms with van der Waals surface area (Å²) >= 11 is 6.07. The summed E-state index contributed by atoms with van der Waals surface area (Å²) in [6, 6.07) is 3.47.